The summed E-state index contributed by atoms with van der Waals surface area (Å²) < 4.78 is 0. The van der Waals surface area contributed by atoms with Crippen LogP contribution in [-0.4, -0.2) is 36.0 Å². The molecule has 1 fully saturated rings. The Morgan fingerprint density at radius 1 is 1.44 bits per heavy atom. The van der Waals surface area contributed by atoms with Crippen molar-refractivity contribution in [3.8, 4) is 0 Å². The minimum absolute atomic E-state index is 0.312. The van der Waals surface area contributed by atoms with Gasteiger partial charge < -0.3 is 10.2 Å². The topological polar surface area (TPSA) is 32.3 Å². The summed E-state index contributed by atoms with van der Waals surface area (Å²) >= 11 is 1.78. The third-order valence-corrected chi connectivity index (χ3v) is 4.24. The largest absolute Gasteiger partial charge is 0.340 e. The summed E-state index contributed by atoms with van der Waals surface area (Å²) in [4.78, 5) is 15.5. The first kappa shape index (κ1) is 13.6. The van der Waals surface area contributed by atoms with Gasteiger partial charge in [0.25, 0.3) is 0 Å². The van der Waals surface area contributed by atoms with Crippen molar-refractivity contribution in [2.45, 2.75) is 45.2 Å². The fourth-order valence-electron chi connectivity index (χ4n) is 2.56. The van der Waals surface area contributed by atoms with Gasteiger partial charge in [-0.1, -0.05) is 6.07 Å². The molecule has 0 spiro atoms. The van der Waals surface area contributed by atoms with Crippen molar-refractivity contribution in [3.63, 3.8) is 0 Å². The molecule has 0 aromatic carbocycles. The normalized spacial score (nSPS) is 24.2. The van der Waals surface area contributed by atoms with Crippen LogP contribution in [0.5, 0.6) is 0 Å². The number of hydrogen-bond acceptors (Lipinski definition) is 3. The van der Waals surface area contributed by atoms with E-state index in [0.717, 1.165) is 25.9 Å². The van der Waals surface area contributed by atoms with E-state index in [0.29, 0.717) is 24.4 Å². The van der Waals surface area contributed by atoms with Crippen molar-refractivity contribution in [1.29, 1.82) is 0 Å². The van der Waals surface area contributed by atoms with Crippen molar-refractivity contribution in [3.05, 3.63) is 22.4 Å². The van der Waals surface area contributed by atoms with E-state index in [1.807, 2.05) is 4.90 Å². The van der Waals surface area contributed by atoms with Crippen molar-refractivity contribution in [2.75, 3.05) is 13.1 Å². The quantitative estimate of drug-likeness (QED) is 0.907. The second kappa shape index (κ2) is 6.34. The SMILES string of the molecule is CC1CN(C(=O)CCCc2cccs2)CC(C)N1. The van der Waals surface area contributed by atoms with Crippen LogP contribution >= 0.6 is 11.3 Å². The minimum atomic E-state index is 0.312. The van der Waals surface area contributed by atoms with Crippen molar-refractivity contribution in [2.24, 2.45) is 0 Å². The smallest absolute Gasteiger partial charge is 0.222 e. The number of nitrogens with one attached hydrogen (secondary N) is 1. The van der Waals surface area contributed by atoms with Gasteiger partial charge in [0, 0.05) is 36.5 Å². The highest BCUT2D eigenvalue weighted by Crippen LogP contribution is 2.13. The molecule has 2 atom stereocenters. The van der Waals surface area contributed by atoms with E-state index in [1.165, 1.54) is 4.88 Å². The van der Waals surface area contributed by atoms with Gasteiger partial charge in [-0.2, -0.15) is 0 Å². The van der Waals surface area contributed by atoms with Crippen molar-refractivity contribution in [1.82, 2.24) is 10.2 Å². The summed E-state index contributed by atoms with van der Waals surface area (Å²) in [6, 6.07) is 5.04. The third-order valence-electron chi connectivity index (χ3n) is 3.30. The number of piperazine rings is 1. The molecule has 1 N–H and O–H groups in total. The Bertz CT molecular complexity index is 367. The Labute approximate surface area is 113 Å². The number of carbonyl (C=O) groups excluding carboxylic acids is 1. The Hall–Kier alpha value is -0.870. The van der Waals surface area contributed by atoms with Gasteiger partial charge in [-0.3, -0.25) is 4.79 Å². The molecule has 0 bridgehead atoms. The van der Waals surface area contributed by atoms with Crippen LogP contribution in [0.4, 0.5) is 0 Å². The van der Waals surface area contributed by atoms with Gasteiger partial charge in [0.15, 0.2) is 0 Å². The highest BCUT2D eigenvalue weighted by Gasteiger charge is 2.24. The van der Waals surface area contributed by atoms with Gasteiger partial charge in [-0.05, 0) is 38.1 Å². The van der Waals surface area contributed by atoms with Crippen LogP contribution in [0.25, 0.3) is 0 Å². The number of aryl methyl sites for hydroxylation is 1. The van der Waals surface area contributed by atoms with E-state index in [2.05, 4.69) is 36.7 Å². The van der Waals surface area contributed by atoms with Gasteiger partial charge >= 0.3 is 0 Å². The van der Waals surface area contributed by atoms with E-state index >= 15 is 0 Å². The average molecular weight is 266 g/mol. The summed E-state index contributed by atoms with van der Waals surface area (Å²) in [7, 11) is 0. The molecule has 1 aliphatic heterocycles. The number of amides is 1. The lowest BCUT2D eigenvalue weighted by atomic mass is 10.1. The van der Waals surface area contributed by atoms with Crippen LogP contribution < -0.4 is 5.32 Å². The Kier molecular flexibility index (Phi) is 4.78. The van der Waals surface area contributed by atoms with E-state index in [4.69, 9.17) is 0 Å². The number of nitrogens with zero attached hydrogens (tertiary/aromatic N) is 1. The molecule has 18 heavy (non-hydrogen) atoms. The number of rotatable bonds is 4. The third kappa shape index (κ3) is 3.82. The van der Waals surface area contributed by atoms with E-state index in [9.17, 15) is 4.79 Å². The molecule has 1 aromatic heterocycles. The number of carbonyl (C=O) groups is 1. The van der Waals surface area contributed by atoms with Crippen LogP contribution in [-0.2, 0) is 11.2 Å². The van der Waals surface area contributed by atoms with Gasteiger partial charge in [0.1, 0.15) is 0 Å². The maximum absolute atomic E-state index is 12.1. The number of thiophene rings is 1. The summed E-state index contributed by atoms with van der Waals surface area (Å²) in [5.41, 5.74) is 0. The molecule has 0 saturated carbocycles. The van der Waals surface area contributed by atoms with E-state index < -0.39 is 0 Å². The zero-order valence-corrected chi connectivity index (χ0v) is 12.0. The fourth-order valence-corrected chi connectivity index (χ4v) is 3.31. The van der Waals surface area contributed by atoms with Crippen molar-refractivity contribution < 1.29 is 4.79 Å². The molecule has 2 heterocycles. The summed E-state index contributed by atoms with van der Waals surface area (Å²) in [6.07, 6.45) is 2.67. The van der Waals surface area contributed by atoms with Gasteiger partial charge in [-0.15, -0.1) is 11.3 Å². The summed E-state index contributed by atoms with van der Waals surface area (Å²) in [6.45, 7) is 5.98. The van der Waals surface area contributed by atoms with Crippen LogP contribution in [0, 0.1) is 0 Å². The van der Waals surface area contributed by atoms with Crippen LogP contribution in [0.3, 0.4) is 0 Å². The van der Waals surface area contributed by atoms with Gasteiger partial charge in [-0.25, -0.2) is 0 Å². The predicted molar refractivity (Wildman–Crippen MR) is 75.9 cm³/mol. The molecule has 1 aromatic rings. The molecule has 1 saturated heterocycles. The van der Waals surface area contributed by atoms with Crippen LogP contribution in [0.2, 0.25) is 0 Å². The lowest BCUT2D eigenvalue weighted by Gasteiger charge is -2.36. The molecule has 0 radical (unpaired) electrons. The molecule has 4 heteroatoms. The minimum Gasteiger partial charge on any atom is -0.340 e. The maximum atomic E-state index is 12.1. The lowest BCUT2D eigenvalue weighted by Crippen LogP contribution is -2.55. The first-order valence-corrected chi connectivity index (χ1v) is 7.59. The molecular weight excluding hydrogens is 244 g/mol. The van der Waals surface area contributed by atoms with Crippen molar-refractivity contribution >= 4 is 17.2 Å². The second-order valence-electron chi connectivity index (χ2n) is 5.20. The lowest BCUT2D eigenvalue weighted by molar-refractivity contribution is -0.133. The average Bonchev–Trinajstić information content (AvgIpc) is 2.80. The standard InChI is InChI=1S/C14H22N2OS/c1-11-9-16(10-12(2)15-11)14(17)7-3-5-13-6-4-8-18-13/h4,6,8,11-12,15H,3,5,7,9-10H2,1-2H3. The zero-order valence-electron chi connectivity index (χ0n) is 11.2. The van der Waals surface area contributed by atoms with Crippen LogP contribution in [0.1, 0.15) is 31.6 Å². The Morgan fingerprint density at radius 3 is 2.78 bits per heavy atom. The monoisotopic (exact) mass is 266 g/mol. The second-order valence-corrected chi connectivity index (χ2v) is 6.23. The summed E-state index contributed by atoms with van der Waals surface area (Å²) in [5.74, 6) is 0.312. The van der Waals surface area contributed by atoms with E-state index in [1.54, 1.807) is 11.3 Å². The molecule has 3 nitrogen and oxygen atoms in total. The Morgan fingerprint density at radius 2 is 2.17 bits per heavy atom. The molecular formula is C14H22N2OS. The van der Waals surface area contributed by atoms with Crippen LogP contribution in [0.15, 0.2) is 17.5 Å². The molecule has 1 aliphatic rings. The Balaban J connectivity index is 1.74. The first-order valence-electron chi connectivity index (χ1n) is 6.71. The highest BCUT2D eigenvalue weighted by molar-refractivity contribution is 7.09. The molecule has 2 unspecified atom stereocenters. The van der Waals surface area contributed by atoms with Gasteiger partial charge in [0.2, 0.25) is 5.91 Å². The van der Waals surface area contributed by atoms with Gasteiger partial charge in [0.05, 0.1) is 0 Å². The number of hydrogen-bond donors (Lipinski definition) is 1. The van der Waals surface area contributed by atoms with E-state index in [-0.39, 0.29) is 0 Å². The molecule has 0 aliphatic carbocycles. The zero-order chi connectivity index (χ0) is 13.0. The molecule has 100 valence electrons. The summed E-state index contributed by atoms with van der Waals surface area (Å²) in [5, 5.41) is 5.54. The fraction of sp³-hybridized carbons (Fsp3) is 0.643. The molecule has 1 amide bonds. The highest BCUT2D eigenvalue weighted by atomic mass is 32.1. The maximum Gasteiger partial charge on any atom is 0.222 e. The first-order chi connectivity index (χ1) is 8.65. The molecule has 2 rings (SSSR count). The predicted octanol–water partition coefficient (Wildman–Crippen LogP) is 2.28.